The molecule has 0 aliphatic carbocycles. The van der Waals surface area contributed by atoms with E-state index in [1.807, 2.05) is 37.6 Å². The number of ether oxygens (including phenoxy) is 1. The van der Waals surface area contributed by atoms with Crippen LogP contribution >= 0.6 is 11.3 Å². The lowest BCUT2D eigenvalue weighted by Crippen LogP contribution is -2.44. The number of nitrogens with zero attached hydrogens (tertiary/aromatic N) is 1. The van der Waals surface area contributed by atoms with Crippen LogP contribution in [0.5, 0.6) is 0 Å². The molecule has 2 heterocycles. The monoisotopic (exact) mass is 322 g/mol. The largest absolute Gasteiger partial charge is 0.441 e. The standard InChI is InChI=1S/C16H22N2O3S/c1-11-13(17-15(21-11)12-5-8-22-10-12)9-14(19)18-16(2,3)6-7-20-4/h5,8,10H,6-7,9H2,1-4H3,(H,18,19). The molecule has 0 saturated carbocycles. The van der Waals surface area contributed by atoms with Crippen LogP contribution in [0.25, 0.3) is 11.5 Å². The predicted octanol–water partition coefficient (Wildman–Crippen LogP) is 3.19. The molecule has 22 heavy (non-hydrogen) atoms. The molecule has 0 aromatic carbocycles. The quantitative estimate of drug-likeness (QED) is 0.850. The molecule has 120 valence electrons. The number of rotatable bonds is 7. The van der Waals surface area contributed by atoms with Gasteiger partial charge in [-0.2, -0.15) is 11.3 Å². The van der Waals surface area contributed by atoms with Crippen LogP contribution in [0, 0.1) is 6.92 Å². The van der Waals surface area contributed by atoms with E-state index < -0.39 is 0 Å². The van der Waals surface area contributed by atoms with Gasteiger partial charge in [0.2, 0.25) is 11.8 Å². The number of amides is 1. The minimum Gasteiger partial charge on any atom is -0.441 e. The number of carbonyl (C=O) groups is 1. The van der Waals surface area contributed by atoms with Gasteiger partial charge in [0.1, 0.15) is 5.76 Å². The van der Waals surface area contributed by atoms with Gasteiger partial charge in [-0.1, -0.05) is 0 Å². The van der Waals surface area contributed by atoms with Crippen LogP contribution in [0.4, 0.5) is 0 Å². The Kier molecular flexibility index (Phi) is 5.37. The third-order valence-corrected chi connectivity index (χ3v) is 4.08. The Morgan fingerprint density at radius 1 is 1.50 bits per heavy atom. The van der Waals surface area contributed by atoms with E-state index in [0.717, 1.165) is 12.0 Å². The van der Waals surface area contributed by atoms with Crippen LogP contribution in [-0.2, 0) is 16.0 Å². The highest BCUT2D eigenvalue weighted by Crippen LogP contribution is 2.24. The van der Waals surface area contributed by atoms with Crippen molar-refractivity contribution in [3.05, 3.63) is 28.3 Å². The fourth-order valence-corrected chi connectivity index (χ4v) is 2.72. The molecule has 0 bridgehead atoms. The maximum Gasteiger partial charge on any atom is 0.227 e. The molecule has 0 fully saturated rings. The number of thiophene rings is 1. The molecule has 0 saturated heterocycles. The van der Waals surface area contributed by atoms with Crippen molar-refractivity contribution in [1.82, 2.24) is 10.3 Å². The first kappa shape index (κ1) is 16.7. The molecule has 2 aromatic rings. The highest BCUT2D eigenvalue weighted by atomic mass is 32.1. The number of aryl methyl sites for hydroxylation is 1. The van der Waals surface area contributed by atoms with Crippen LogP contribution in [0.1, 0.15) is 31.7 Å². The first-order valence-electron chi connectivity index (χ1n) is 7.20. The minimum absolute atomic E-state index is 0.0608. The average molecular weight is 322 g/mol. The molecular weight excluding hydrogens is 300 g/mol. The lowest BCUT2D eigenvalue weighted by atomic mass is 10.0. The van der Waals surface area contributed by atoms with E-state index in [4.69, 9.17) is 9.15 Å². The average Bonchev–Trinajstić information content (AvgIpc) is 3.06. The molecule has 0 aliphatic heterocycles. The molecule has 6 heteroatoms. The Bertz CT molecular complexity index is 617. The topological polar surface area (TPSA) is 64.4 Å². The summed E-state index contributed by atoms with van der Waals surface area (Å²) in [6.45, 7) is 6.41. The van der Waals surface area contributed by atoms with Crippen molar-refractivity contribution in [2.75, 3.05) is 13.7 Å². The first-order chi connectivity index (χ1) is 10.4. The molecule has 0 spiro atoms. The van der Waals surface area contributed by atoms with Gasteiger partial charge in [-0.05, 0) is 38.6 Å². The maximum absolute atomic E-state index is 12.2. The maximum atomic E-state index is 12.2. The second-order valence-corrected chi connectivity index (χ2v) is 6.67. The van der Waals surface area contributed by atoms with Gasteiger partial charge in [0.25, 0.3) is 0 Å². The highest BCUT2D eigenvalue weighted by molar-refractivity contribution is 7.08. The van der Waals surface area contributed by atoms with Crippen molar-refractivity contribution in [3.8, 4) is 11.5 Å². The summed E-state index contributed by atoms with van der Waals surface area (Å²) in [7, 11) is 1.66. The molecule has 2 rings (SSSR count). The third-order valence-electron chi connectivity index (χ3n) is 3.40. The normalized spacial score (nSPS) is 11.6. The Morgan fingerprint density at radius 2 is 2.27 bits per heavy atom. The Balaban J connectivity index is 2.00. The number of oxazole rings is 1. The summed E-state index contributed by atoms with van der Waals surface area (Å²) < 4.78 is 10.7. The molecule has 0 aliphatic rings. The van der Waals surface area contributed by atoms with Gasteiger partial charge >= 0.3 is 0 Å². The van der Waals surface area contributed by atoms with Crippen molar-refractivity contribution in [3.63, 3.8) is 0 Å². The van der Waals surface area contributed by atoms with E-state index in [-0.39, 0.29) is 17.9 Å². The summed E-state index contributed by atoms with van der Waals surface area (Å²) >= 11 is 1.59. The van der Waals surface area contributed by atoms with Crippen molar-refractivity contribution < 1.29 is 13.9 Å². The summed E-state index contributed by atoms with van der Waals surface area (Å²) in [6, 6.07) is 1.95. The van der Waals surface area contributed by atoms with Crippen LogP contribution in [0.15, 0.2) is 21.2 Å². The molecule has 5 nitrogen and oxygen atoms in total. The summed E-state index contributed by atoms with van der Waals surface area (Å²) in [4.78, 5) is 16.6. The summed E-state index contributed by atoms with van der Waals surface area (Å²) in [6.07, 6.45) is 0.975. The van der Waals surface area contributed by atoms with Gasteiger partial charge < -0.3 is 14.5 Å². The second-order valence-electron chi connectivity index (χ2n) is 5.89. The SMILES string of the molecule is COCCC(C)(C)NC(=O)Cc1nc(-c2ccsc2)oc1C. The van der Waals surface area contributed by atoms with Crippen molar-refractivity contribution >= 4 is 17.2 Å². The van der Waals surface area contributed by atoms with Crippen LogP contribution < -0.4 is 5.32 Å². The summed E-state index contributed by atoms with van der Waals surface area (Å²) in [5.74, 6) is 1.20. The van der Waals surface area contributed by atoms with Gasteiger partial charge in [-0.15, -0.1) is 0 Å². The van der Waals surface area contributed by atoms with E-state index in [1.165, 1.54) is 0 Å². The minimum atomic E-state index is -0.305. The lowest BCUT2D eigenvalue weighted by Gasteiger charge is -2.25. The van der Waals surface area contributed by atoms with E-state index >= 15 is 0 Å². The predicted molar refractivity (Wildman–Crippen MR) is 87.0 cm³/mol. The van der Waals surface area contributed by atoms with E-state index in [0.29, 0.717) is 24.0 Å². The number of carbonyl (C=O) groups excluding carboxylic acids is 1. The third kappa shape index (κ3) is 4.42. The molecular formula is C16H22N2O3S. The smallest absolute Gasteiger partial charge is 0.227 e. The van der Waals surface area contributed by atoms with E-state index in [1.54, 1.807) is 18.4 Å². The molecule has 2 aromatic heterocycles. The molecule has 1 amide bonds. The van der Waals surface area contributed by atoms with E-state index in [2.05, 4.69) is 10.3 Å². The number of hydrogen-bond donors (Lipinski definition) is 1. The van der Waals surface area contributed by atoms with Gasteiger partial charge in [0.15, 0.2) is 0 Å². The van der Waals surface area contributed by atoms with Crippen LogP contribution in [0.2, 0.25) is 0 Å². The first-order valence-corrected chi connectivity index (χ1v) is 8.14. The zero-order valence-corrected chi connectivity index (χ0v) is 14.3. The van der Waals surface area contributed by atoms with E-state index in [9.17, 15) is 4.79 Å². The number of hydrogen-bond acceptors (Lipinski definition) is 5. The van der Waals surface area contributed by atoms with Crippen molar-refractivity contribution in [1.29, 1.82) is 0 Å². The molecule has 0 unspecified atom stereocenters. The van der Waals surface area contributed by atoms with Gasteiger partial charge in [0, 0.05) is 30.2 Å². The van der Waals surface area contributed by atoms with Crippen LogP contribution in [0.3, 0.4) is 0 Å². The van der Waals surface area contributed by atoms with Crippen LogP contribution in [-0.4, -0.2) is 30.1 Å². The Morgan fingerprint density at radius 3 is 2.91 bits per heavy atom. The Hall–Kier alpha value is -1.66. The molecule has 0 atom stereocenters. The lowest BCUT2D eigenvalue weighted by molar-refractivity contribution is -0.122. The summed E-state index contributed by atoms with van der Waals surface area (Å²) in [5.41, 5.74) is 1.32. The van der Waals surface area contributed by atoms with Crippen molar-refractivity contribution in [2.45, 2.75) is 39.2 Å². The zero-order chi connectivity index (χ0) is 16.2. The second kappa shape index (κ2) is 7.07. The molecule has 0 radical (unpaired) electrons. The molecule has 1 N–H and O–H groups in total. The number of nitrogens with one attached hydrogen (secondary N) is 1. The van der Waals surface area contributed by atoms with Gasteiger partial charge in [0.05, 0.1) is 12.1 Å². The fraction of sp³-hybridized carbons (Fsp3) is 0.500. The van der Waals surface area contributed by atoms with Gasteiger partial charge in [-0.3, -0.25) is 4.79 Å². The Labute approximate surface area is 134 Å². The summed E-state index contributed by atoms with van der Waals surface area (Å²) in [5, 5.41) is 6.96. The highest BCUT2D eigenvalue weighted by Gasteiger charge is 2.22. The number of methoxy groups -OCH3 is 1. The number of aromatic nitrogens is 1. The van der Waals surface area contributed by atoms with Crippen molar-refractivity contribution in [2.24, 2.45) is 0 Å². The zero-order valence-electron chi connectivity index (χ0n) is 13.4. The fourth-order valence-electron chi connectivity index (χ4n) is 2.10. The van der Waals surface area contributed by atoms with Gasteiger partial charge in [-0.25, -0.2) is 4.98 Å².